The molecule has 7 nitrogen and oxygen atoms in total. The quantitative estimate of drug-likeness (QED) is 0.166. The Bertz CT molecular complexity index is 1740. The fourth-order valence-corrected chi connectivity index (χ4v) is 7.86. The zero-order valence-corrected chi connectivity index (χ0v) is 28.6. The highest BCUT2D eigenvalue weighted by atomic mass is 35.5. The highest BCUT2D eigenvalue weighted by molar-refractivity contribution is 7.92. The summed E-state index contributed by atoms with van der Waals surface area (Å²) < 4.78 is 29.4. The maximum absolute atomic E-state index is 14.7. The number of nitrogens with zero attached hydrogens (tertiary/aromatic N) is 2. The average molecular weight is 693 g/mol. The van der Waals surface area contributed by atoms with Crippen molar-refractivity contribution in [2.45, 2.75) is 69.0 Å². The Morgan fingerprint density at radius 1 is 0.809 bits per heavy atom. The second-order valence-electron chi connectivity index (χ2n) is 11.9. The van der Waals surface area contributed by atoms with Gasteiger partial charge in [-0.2, -0.15) is 0 Å². The van der Waals surface area contributed by atoms with Crippen molar-refractivity contribution in [3.8, 4) is 0 Å². The molecule has 4 aromatic rings. The van der Waals surface area contributed by atoms with E-state index < -0.39 is 28.5 Å². The molecule has 10 heteroatoms. The molecule has 0 aromatic heterocycles. The highest BCUT2D eigenvalue weighted by Crippen LogP contribution is 2.29. The summed E-state index contributed by atoms with van der Waals surface area (Å²) in [6.45, 7) is 1.25. The van der Waals surface area contributed by atoms with Gasteiger partial charge in [-0.25, -0.2) is 8.42 Å². The molecule has 1 atom stereocenters. The minimum atomic E-state index is -4.18. The van der Waals surface area contributed by atoms with Crippen LogP contribution in [0.3, 0.4) is 0 Å². The van der Waals surface area contributed by atoms with Gasteiger partial charge in [-0.3, -0.25) is 13.9 Å². The van der Waals surface area contributed by atoms with E-state index in [1.54, 1.807) is 60.7 Å². The number of halogens is 2. The Morgan fingerprint density at radius 2 is 1.40 bits per heavy atom. The molecule has 1 saturated carbocycles. The van der Waals surface area contributed by atoms with Crippen molar-refractivity contribution in [2.75, 3.05) is 10.8 Å². The zero-order valence-electron chi connectivity index (χ0n) is 26.3. The first-order chi connectivity index (χ1) is 22.6. The van der Waals surface area contributed by atoms with E-state index in [1.807, 2.05) is 37.3 Å². The van der Waals surface area contributed by atoms with Crippen LogP contribution in [0.4, 0.5) is 5.69 Å². The molecule has 0 saturated heterocycles. The second-order valence-corrected chi connectivity index (χ2v) is 14.6. The minimum absolute atomic E-state index is 0.00195. The lowest BCUT2D eigenvalue weighted by Crippen LogP contribution is -2.55. The van der Waals surface area contributed by atoms with Crippen LogP contribution in [0.25, 0.3) is 0 Å². The summed E-state index contributed by atoms with van der Waals surface area (Å²) in [6, 6.07) is 28.5. The van der Waals surface area contributed by atoms with Gasteiger partial charge in [0.05, 0.1) is 10.6 Å². The monoisotopic (exact) mass is 691 g/mol. The van der Waals surface area contributed by atoms with Gasteiger partial charge in [-0.1, -0.05) is 115 Å². The van der Waals surface area contributed by atoms with Crippen LogP contribution >= 0.6 is 23.2 Å². The third-order valence-corrected chi connectivity index (χ3v) is 11.0. The number of benzene rings is 4. The standard InChI is InChI=1S/C37H39Cl2N3O4S/c1-27-20-22-30(23-21-27)42(47(45,46)31-16-9-4-10-17-31)26-36(43)41(25-32-33(38)18-11-19-34(32)39)35(24-28-12-5-2-6-13-28)37(44)40-29-14-7-3-8-15-29/h2,4-6,9-13,16-23,29,35H,3,7-8,14-15,24-26H2,1H3,(H,40,44)/t35-/m0/s1. The predicted molar refractivity (Wildman–Crippen MR) is 188 cm³/mol. The molecule has 1 aliphatic carbocycles. The lowest BCUT2D eigenvalue weighted by molar-refractivity contribution is -0.140. The van der Waals surface area contributed by atoms with Crippen LogP contribution in [0.2, 0.25) is 10.0 Å². The molecular formula is C37H39Cl2N3O4S. The summed E-state index contributed by atoms with van der Waals surface area (Å²) in [6.07, 6.45) is 5.11. The molecular weight excluding hydrogens is 653 g/mol. The molecule has 0 bridgehead atoms. The zero-order chi connectivity index (χ0) is 33.4. The molecule has 2 amide bonds. The third-order valence-electron chi connectivity index (χ3n) is 8.54. The topological polar surface area (TPSA) is 86.8 Å². The molecule has 5 rings (SSSR count). The second kappa shape index (κ2) is 15.8. The van der Waals surface area contributed by atoms with Crippen molar-refractivity contribution in [3.05, 3.63) is 130 Å². The van der Waals surface area contributed by atoms with Crippen LogP contribution in [0.15, 0.2) is 108 Å². The van der Waals surface area contributed by atoms with Crippen LogP contribution in [0, 0.1) is 6.92 Å². The van der Waals surface area contributed by atoms with Crippen molar-refractivity contribution in [3.63, 3.8) is 0 Å². The van der Waals surface area contributed by atoms with E-state index in [1.165, 1.54) is 17.0 Å². The number of nitrogens with one attached hydrogen (secondary N) is 1. The van der Waals surface area contributed by atoms with Gasteiger partial charge in [0, 0.05) is 34.6 Å². The summed E-state index contributed by atoms with van der Waals surface area (Å²) in [4.78, 5) is 30.4. The van der Waals surface area contributed by atoms with E-state index in [0.717, 1.165) is 47.5 Å². The SMILES string of the molecule is Cc1ccc(N(CC(=O)N(Cc2c(Cl)cccc2Cl)[C@@H](Cc2ccccc2)C(=O)NC2CCCCC2)S(=O)(=O)c2ccccc2)cc1. The smallest absolute Gasteiger partial charge is 0.264 e. The van der Waals surface area contributed by atoms with Crippen LogP contribution in [-0.2, 0) is 32.6 Å². The molecule has 0 aliphatic heterocycles. The Balaban J connectivity index is 1.58. The molecule has 0 unspecified atom stereocenters. The molecule has 246 valence electrons. The Hall–Kier alpha value is -3.85. The van der Waals surface area contributed by atoms with Crippen LogP contribution in [-0.4, -0.2) is 43.8 Å². The van der Waals surface area contributed by atoms with Gasteiger partial charge in [-0.15, -0.1) is 0 Å². The van der Waals surface area contributed by atoms with Gasteiger partial charge >= 0.3 is 0 Å². The Morgan fingerprint density at radius 3 is 2.02 bits per heavy atom. The van der Waals surface area contributed by atoms with Crippen molar-refractivity contribution in [2.24, 2.45) is 0 Å². The molecule has 1 fully saturated rings. The van der Waals surface area contributed by atoms with E-state index in [0.29, 0.717) is 21.3 Å². The first-order valence-electron chi connectivity index (χ1n) is 15.8. The number of aryl methyl sites for hydroxylation is 1. The largest absolute Gasteiger partial charge is 0.352 e. The summed E-state index contributed by atoms with van der Waals surface area (Å²) in [5, 5.41) is 3.89. The van der Waals surface area contributed by atoms with Gasteiger partial charge in [-0.05, 0) is 61.7 Å². The molecule has 0 heterocycles. The molecule has 1 aliphatic rings. The van der Waals surface area contributed by atoms with Crippen molar-refractivity contribution in [1.29, 1.82) is 0 Å². The lowest BCUT2D eigenvalue weighted by atomic mass is 9.94. The first kappa shape index (κ1) is 34.5. The van der Waals surface area contributed by atoms with E-state index in [2.05, 4.69) is 5.32 Å². The number of amides is 2. The maximum Gasteiger partial charge on any atom is 0.264 e. The molecule has 1 N–H and O–H groups in total. The number of carbonyl (C=O) groups is 2. The summed E-state index contributed by atoms with van der Waals surface area (Å²) >= 11 is 13.2. The van der Waals surface area contributed by atoms with Gasteiger partial charge in [0.15, 0.2) is 0 Å². The predicted octanol–water partition coefficient (Wildman–Crippen LogP) is 7.59. The third kappa shape index (κ3) is 8.74. The van der Waals surface area contributed by atoms with E-state index in [4.69, 9.17) is 23.2 Å². The number of carbonyl (C=O) groups excluding carboxylic acids is 2. The molecule has 0 radical (unpaired) electrons. The molecule has 0 spiro atoms. The summed E-state index contributed by atoms with van der Waals surface area (Å²) in [5.41, 5.74) is 2.59. The lowest BCUT2D eigenvalue weighted by Gasteiger charge is -2.35. The van der Waals surface area contributed by atoms with Crippen LogP contribution in [0.5, 0.6) is 0 Å². The summed E-state index contributed by atoms with van der Waals surface area (Å²) in [7, 11) is -4.18. The molecule has 47 heavy (non-hydrogen) atoms. The normalized spacial score (nSPS) is 14.3. The fourth-order valence-electron chi connectivity index (χ4n) is 5.91. The Kier molecular flexibility index (Phi) is 11.6. The number of sulfonamides is 1. The number of anilines is 1. The van der Waals surface area contributed by atoms with Gasteiger partial charge in [0.2, 0.25) is 11.8 Å². The van der Waals surface area contributed by atoms with Gasteiger partial charge in [0.1, 0.15) is 12.6 Å². The maximum atomic E-state index is 14.7. The first-order valence-corrected chi connectivity index (χ1v) is 18.0. The van der Waals surface area contributed by atoms with Crippen LogP contribution < -0.4 is 9.62 Å². The number of hydrogen-bond donors (Lipinski definition) is 1. The summed E-state index contributed by atoms with van der Waals surface area (Å²) in [5.74, 6) is -0.870. The Labute approximate surface area is 287 Å². The van der Waals surface area contributed by atoms with E-state index in [9.17, 15) is 18.0 Å². The minimum Gasteiger partial charge on any atom is -0.352 e. The number of hydrogen-bond acceptors (Lipinski definition) is 4. The van der Waals surface area contributed by atoms with Crippen molar-refractivity contribution in [1.82, 2.24) is 10.2 Å². The van der Waals surface area contributed by atoms with Gasteiger partial charge < -0.3 is 10.2 Å². The number of rotatable bonds is 12. The fraction of sp³-hybridized carbons (Fsp3) is 0.297. The highest BCUT2D eigenvalue weighted by Gasteiger charge is 2.36. The van der Waals surface area contributed by atoms with Gasteiger partial charge in [0.25, 0.3) is 10.0 Å². The van der Waals surface area contributed by atoms with E-state index >= 15 is 0 Å². The molecule has 4 aromatic carbocycles. The van der Waals surface area contributed by atoms with Crippen molar-refractivity contribution >= 4 is 50.7 Å². The van der Waals surface area contributed by atoms with Crippen LogP contribution in [0.1, 0.15) is 48.8 Å². The van der Waals surface area contributed by atoms with E-state index in [-0.39, 0.29) is 29.8 Å². The van der Waals surface area contributed by atoms with Crippen molar-refractivity contribution < 1.29 is 18.0 Å². The average Bonchev–Trinajstić information content (AvgIpc) is 3.08.